The third-order valence-corrected chi connectivity index (χ3v) is 3.43. The second kappa shape index (κ2) is 5.96. The van der Waals surface area contributed by atoms with Crippen LogP contribution in [0.15, 0.2) is 17.5 Å². The van der Waals surface area contributed by atoms with Crippen LogP contribution in [0.25, 0.3) is 0 Å². The predicted molar refractivity (Wildman–Crippen MR) is 75.1 cm³/mol. The lowest BCUT2D eigenvalue weighted by Gasteiger charge is -2.06. The highest BCUT2D eigenvalue weighted by Gasteiger charge is 2.09. The number of halogens is 1. The minimum Gasteiger partial charge on any atom is -0.346 e. The Labute approximate surface area is 119 Å². The molecule has 0 fully saturated rings. The number of carbonyl (C=O) groups excluding carboxylic acids is 1. The first-order chi connectivity index (χ1) is 9.08. The van der Waals surface area contributed by atoms with Crippen LogP contribution in [-0.2, 0) is 6.54 Å². The maximum Gasteiger partial charge on any atom is 0.251 e. The van der Waals surface area contributed by atoms with Crippen molar-refractivity contribution in [2.45, 2.75) is 13.5 Å². The average Bonchev–Trinajstić information content (AvgIpc) is 2.81. The lowest BCUT2D eigenvalue weighted by atomic mass is 10.2. The minimum atomic E-state index is -0.256. The quantitative estimate of drug-likeness (QED) is 0.454. The van der Waals surface area contributed by atoms with Crippen LogP contribution in [0.4, 0.5) is 5.82 Å². The fourth-order valence-electron chi connectivity index (χ4n) is 1.44. The van der Waals surface area contributed by atoms with Crippen LogP contribution in [0, 0.1) is 6.92 Å². The lowest BCUT2D eigenvalue weighted by Crippen LogP contribution is -2.23. The summed E-state index contributed by atoms with van der Waals surface area (Å²) in [5, 5.41) is 5.74. The smallest absolute Gasteiger partial charge is 0.251 e. The van der Waals surface area contributed by atoms with E-state index in [1.54, 1.807) is 0 Å². The lowest BCUT2D eigenvalue weighted by molar-refractivity contribution is 0.0951. The molecule has 0 saturated heterocycles. The van der Waals surface area contributed by atoms with Gasteiger partial charge in [-0.3, -0.25) is 4.79 Å². The van der Waals surface area contributed by atoms with Crippen molar-refractivity contribution in [3.8, 4) is 0 Å². The zero-order valence-electron chi connectivity index (χ0n) is 10.1. The number of pyridine rings is 1. The van der Waals surface area contributed by atoms with E-state index in [0.29, 0.717) is 17.9 Å². The minimum absolute atomic E-state index is 0.200. The molecule has 2 heterocycles. The first kappa shape index (κ1) is 13.7. The molecular formula is C11H12ClN5OS. The monoisotopic (exact) mass is 297 g/mol. The summed E-state index contributed by atoms with van der Waals surface area (Å²) in [6, 6.07) is 3.00. The summed E-state index contributed by atoms with van der Waals surface area (Å²) < 4.78 is 0. The van der Waals surface area contributed by atoms with E-state index in [1.165, 1.54) is 23.5 Å². The number of nitrogens with two attached hydrogens (primary N) is 1. The van der Waals surface area contributed by atoms with Crippen molar-refractivity contribution >= 4 is 34.7 Å². The fourth-order valence-corrected chi connectivity index (χ4v) is 2.36. The fraction of sp³-hybridized carbons (Fsp3) is 0.182. The van der Waals surface area contributed by atoms with Crippen LogP contribution in [0.2, 0.25) is 5.15 Å². The van der Waals surface area contributed by atoms with Crippen molar-refractivity contribution in [2.24, 2.45) is 5.84 Å². The largest absolute Gasteiger partial charge is 0.346 e. The average molecular weight is 298 g/mol. The van der Waals surface area contributed by atoms with E-state index in [4.69, 9.17) is 17.4 Å². The van der Waals surface area contributed by atoms with Gasteiger partial charge in [-0.25, -0.2) is 15.8 Å². The first-order valence-electron chi connectivity index (χ1n) is 5.42. The van der Waals surface area contributed by atoms with Crippen molar-refractivity contribution in [1.82, 2.24) is 15.3 Å². The molecule has 0 unspecified atom stereocenters. The van der Waals surface area contributed by atoms with Crippen molar-refractivity contribution < 1.29 is 4.79 Å². The maximum atomic E-state index is 12.0. The van der Waals surface area contributed by atoms with Gasteiger partial charge in [0.2, 0.25) is 0 Å². The van der Waals surface area contributed by atoms with E-state index in [2.05, 4.69) is 20.7 Å². The van der Waals surface area contributed by atoms with Crippen LogP contribution in [0.1, 0.15) is 21.1 Å². The van der Waals surface area contributed by atoms with Gasteiger partial charge in [-0.1, -0.05) is 11.6 Å². The third kappa shape index (κ3) is 3.63. The molecule has 2 aromatic heterocycles. The molecule has 100 valence electrons. The zero-order chi connectivity index (χ0) is 13.8. The first-order valence-corrected chi connectivity index (χ1v) is 6.67. The summed E-state index contributed by atoms with van der Waals surface area (Å²) in [5.41, 5.74) is 3.68. The van der Waals surface area contributed by atoms with Crippen LogP contribution < -0.4 is 16.6 Å². The van der Waals surface area contributed by atoms with E-state index < -0.39 is 0 Å². The molecule has 19 heavy (non-hydrogen) atoms. The van der Waals surface area contributed by atoms with Crippen LogP contribution in [0.3, 0.4) is 0 Å². The van der Waals surface area contributed by atoms with Gasteiger partial charge >= 0.3 is 0 Å². The number of hydrogen-bond donors (Lipinski definition) is 3. The Bertz CT molecular complexity index is 601. The summed E-state index contributed by atoms with van der Waals surface area (Å²) in [7, 11) is 0. The van der Waals surface area contributed by atoms with Gasteiger partial charge in [0.15, 0.2) is 0 Å². The van der Waals surface area contributed by atoms with Gasteiger partial charge in [-0.05, 0) is 19.1 Å². The molecule has 8 heteroatoms. The highest BCUT2D eigenvalue weighted by atomic mass is 35.5. The molecule has 0 atom stereocenters. The van der Waals surface area contributed by atoms with Gasteiger partial charge in [-0.2, -0.15) is 0 Å². The molecule has 4 N–H and O–H groups in total. The summed E-state index contributed by atoms with van der Waals surface area (Å²) in [5.74, 6) is 5.32. The van der Waals surface area contributed by atoms with Crippen molar-refractivity contribution in [3.63, 3.8) is 0 Å². The van der Waals surface area contributed by atoms with Crippen LogP contribution >= 0.6 is 22.9 Å². The Morgan fingerprint density at radius 3 is 2.89 bits per heavy atom. The number of thiazole rings is 1. The molecule has 0 bridgehead atoms. The SMILES string of the molecule is Cc1csc(CNC(=O)c2cc(Cl)nc(NN)c2)n1. The highest BCUT2D eigenvalue weighted by molar-refractivity contribution is 7.09. The van der Waals surface area contributed by atoms with Gasteiger partial charge in [0, 0.05) is 16.6 Å². The molecule has 0 saturated carbocycles. The number of carbonyl (C=O) groups is 1. The summed E-state index contributed by atoms with van der Waals surface area (Å²) in [6.07, 6.45) is 0. The molecule has 1 amide bonds. The van der Waals surface area contributed by atoms with Gasteiger partial charge in [0.1, 0.15) is 16.0 Å². The molecule has 2 aromatic rings. The Morgan fingerprint density at radius 1 is 1.47 bits per heavy atom. The second-order valence-corrected chi connectivity index (χ2v) is 5.10. The molecule has 0 spiro atoms. The molecule has 0 aliphatic heterocycles. The van der Waals surface area contributed by atoms with E-state index in [0.717, 1.165) is 10.7 Å². The molecule has 2 rings (SSSR count). The third-order valence-electron chi connectivity index (χ3n) is 2.27. The number of aryl methyl sites for hydroxylation is 1. The Morgan fingerprint density at radius 2 is 2.26 bits per heavy atom. The van der Waals surface area contributed by atoms with E-state index >= 15 is 0 Å². The topological polar surface area (TPSA) is 92.9 Å². The van der Waals surface area contributed by atoms with Gasteiger partial charge in [0.05, 0.1) is 6.54 Å². The molecule has 6 nitrogen and oxygen atoms in total. The maximum absolute atomic E-state index is 12.0. The van der Waals surface area contributed by atoms with Gasteiger partial charge < -0.3 is 10.7 Å². The van der Waals surface area contributed by atoms with Crippen LogP contribution in [-0.4, -0.2) is 15.9 Å². The number of hydrogen-bond acceptors (Lipinski definition) is 6. The van der Waals surface area contributed by atoms with E-state index in [9.17, 15) is 4.79 Å². The summed E-state index contributed by atoms with van der Waals surface area (Å²) in [6.45, 7) is 2.28. The number of amides is 1. The second-order valence-electron chi connectivity index (χ2n) is 3.77. The van der Waals surface area contributed by atoms with Crippen molar-refractivity contribution in [1.29, 1.82) is 0 Å². The Kier molecular flexibility index (Phi) is 4.31. The van der Waals surface area contributed by atoms with Crippen molar-refractivity contribution in [3.05, 3.63) is 38.9 Å². The van der Waals surface area contributed by atoms with Gasteiger partial charge in [0.25, 0.3) is 5.91 Å². The number of hydrazine groups is 1. The number of nitrogen functional groups attached to an aromatic ring is 1. The van der Waals surface area contributed by atoms with Crippen molar-refractivity contribution in [2.75, 3.05) is 5.43 Å². The molecule has 0 aliphatic carbocycles. The number of rotatable bonds is 4. The number of nitrogens with zero attached hydrogens (tertiary/aromatic N) is 2. The number of aromatic nitrogens is 2. The molecule has 0 radical (unpaired) electrons. The van der Waals surface area contributed by atoms with Gasteiger partial charge in [-0.15, -0.1) is 11.3 Å². The molecule has 0 aromatic carbocycles. The van der Waals surface area contributed by atoms with Crippen LogP contribution in [0.5, 0.6) is 0 Å². The number of nitrogens with one attached hydrogen (secondary N) is 2. The standard InChI is InChI=1S/C11H12ClN5OS/c1-6-5-19-10(15-6)4-14-11(18)7-2-8(12)16-9(3-7)17-13/h2-3,5H,4,13H2,1H3,(H,14,18)(H,16,17). The normalized spacial score (nSPS) is 10.3. The molecule has 0 aliphatic rings. The predicted octanol–water partition coefficient (Wildman–Crippen LogP) is 1.72. The molecular weight excluding hydrogens is 286 g/mol. The summed E-state index contributed by atoms with van der Waals surface area (Å²) >= 11 is 7.30. The Balaban J connectivity index is 2.05. The number of anilines is 1. The van der Waals surface area contributed by atoms with E-state index in [1.807, 2.05) is 12.3 Å². The summed E-state index contributed by atoms with van der Waals surface area (Å²) in [4.78, 5) is 20.1. The highest BCUT2D eigenvalue weighted by Crippen LogP contribution is 2.14. The Hall–Kier alpha value is -1.70. The zero-order valence-corrected chi connectivity index (χ0v) is 11.7. The van der Waals surface area contributed by atoms with E-state index in [-0.39, 0.29) is 11.1 Å².